The van der Waals surface area contributed by atoms with Crippen LogP contribution in [0, 0.1) is 0 Å². The lowest BCUT2D eigenvalue weighted by Gasteiger charge is -2.10. The molecule has 120 valence electrons. The summed E-state index contributed by atoms with van der Waals surface area (Å²) in [6.07, 6.45) is 0. The van der Waals surface area contributed by atoms with E-state index < -0.39 is 5.91 Å². The van der Waals surface area contributed by atoms with Crippen molar-refractivity contribution in [3.63, 3.8) is 0 Å². The summed E-state index contributed by atoms with van der Waals surface area (Å²) in [4.78, 5) is 20.7. The molecule has 0 aliphatic carbocycles. The Morgan fingerprint density at radius 1 is 1.08 bits per heavy atom. The number of ether oxygens (including phenoxy) is 1. The predicted molar refractivity (Wildman–Crippen MR) is 93.9 cm³/mol. The number of nitrogens with zero attached hydrogens (tertiary/aromatic N) is 2. The van der Waals surface area contributed by atoms with Gasteiger partial charge in [0.15, 0.2) is 5.96 Å². The van der Waals surface area contributed by atoms with Gasteiger partial charge in [0, 0.05) is 10.9 Å². The molecule has 24 heavy (non-hydrogen) atoms. The van der Waals surface area contributed by atoms with Crippen molar-refractivity contribution in [2.45, 2.75) is 0 Å². The van der Waals surface area contributed by atoms with E-state index >= 15 is 0 Å². The van der Waals surface area contributed by atoms with Gasteiger partial charge in [0.25, 0.3) is 5.91 Å². The van der Waals surface area contributed by atoms with Crippen molar-refractivity contribution in [3.05, 3.63) is 60.2 Å². The number of benzene rings is 2. The maximum absolute atomic E-state index is 12.4. The predicted octanol–water partition coefficient (Wildman–Crippen LogP) is 2.32. The molecule has 0 saturated carbocycles. The molecule has 0 atom stereocenters. The number of fused-ring (bicyclic) bond motifs is 1. The molecule has 4 N–H and O–H groups in total. The highest BCUT2D eigenvalue weighted by Gasteiger charge is 2.15. The molecule has 0 spiro atoms. The Labute approximate surface area is 138 Å². The van der Waals surface area contributed by atoms with Crippen LogP contribution in [0.5, 0.6) is 5.75 Å². The Morgan fingerprint density at radius 2 is 1.79 bits per heavy atom. The quantitative estimate of drug-likeness (QED) is 0.569. The minimum atomic E-state index is -0.509. The van der Waals surface area contributed by atoms with Crippen LogP contribution in [-0.4, -0.2) is 24.0 Å². The van der Waals surface area contributed by atoms with Crippen LogP contribution >= 0.6 is 0 Å². The second-order valence-electron chi connectivity index (χ2n) is 5.11. The van der Waals surface area contributed by atoms with Crippen molar-refractivity contribution in [2.24, 2.45) is 16.5 Å². The number of amides is 1. The molecular formula is C18H16N4O2. The second kappa shape index (κ2) is 6.37. The standard InChI is InChI=1S/C18H16N4O2/c1-24-16-9-5-3-7-12(16)15-10-13(17(23)22-18(19)20)11-6-2-4-8-14(11)21-15/h2-10H,1H3,(H4,19,20,22,23). The number of carbonyl (C=O) groups excluding carboxylic acids is 1. The minimum absolute atomic E-state index is 0.278. The van der Waals surface area contributed by atoms with Gasteiger partial charge in [0.2, 0.25) is 0 Å². The largest absolute Gasteiger partial charge is 0.496 e. The van der Waals surface area contributed by atoms with E-state index in [0.717, 1.165) is 5.56 Å². The van der Waals surface area contributed by atoms with E-state index in [4.69, 9.17) is 16.2 Å². The first-order chi connectivity index (χ1) is 11.6. The van der Waals surface area contributed by atoms with Crippen molar-refractivity contribution in [1.29, 1.82) is 0 Å². The first kappa shape index (κ1) is 15.5. The number of hydrogen-bond donors (Lipinski definition) is 2. The maximum Gasteiger partial charge on any atom is 0.280 e. The van der Waals surface area contributed by atoms with Gasteiger partial charge in [-0.3, -0.25) is 4.79 Å². The number of rotatable bonds is 3. The van der Waals surface area contributed by atoms with E-state index in [1.54, 1.807) is 13.2 Å². The van der Waals surface area contributed by atoms with E-state index in [1.807, 2.05) is 48.5 Å². The van der Waals surface area contributed by atoms with Crippen LogP contribution in [0.2, 0.25) is 0 Å². The number of nitrogens with two attached hydrogens (primary N) is 2. The van der Waals surface area contributed by atoms with Crippen LogP contribution in [0.1, 0.15) is 10.4 Å². The van der Waals surface area contributed by atoms with Gasteiger partial charge < -0.3 is 16.2 Å². The van der Waals surface area contributed by atoms with Crippen LogP contribution in [0.3, 0.4) is 0 Å². The molecule has 0 bridgehead atoms. The highest BCUT2D eigenvalue weighted by molar-refractivity contribution is 6.10. The molecule has 0 saturated heterocycles. The van der Waals surface area contributed by atoms with Crippen LogP contribution in [0.15, 0.2) is 59.6 Å². The molecule has 0 radical (unpaired) electrons. The lowest BCUT2D eigenvalue weighted by atomic mass is 10.0. The van der Waals surface area contributed by atoms with Gasteiger partial charge in [0.1, 0.15) is 5.75 Å². The Kier molecular flexibility index (Phi) is 4.11. The molecule has 2 aromatic carbocycles. The fraction of sp³-hybridized carbons (Fsp3) is 0.0556. The highest BCUT2D eigenvalue weighted by Crippen LogP contribution is 2.31. The molecule has 1 aromatic heterocycles. The summed E-state index contributed by atoms with van der Waals surface area (Å²) in [5.74, 6) is -0.120. The van der Waals surface area contributed by atoms with Crippen LogP contribution in [0.4, 0.5) is 0 Å². The van der Waals surface area contributed by atoms with Gasteiger partial charge in [-0.05, 0) is 24.3 Å². The van der Waals surface area contributed by atoms with E-state index in [2.05, 4.69) is 9.98 Å². The van der Waals surface area contributed by atoms with Gasteiger partial charge >= 0.3 is 0 Å². The first-order valence-electron chi connectivity index (χ1n) is 7.27. The lowest BCUT2D eigenvalue weighted by Crippen LogP contribution is -2.24. The molecule has 0 unspecified atom stereocenters. The molecule has 6 heteroatoms. The Morgan fingerprint density at radius 3 is 2.54 bits per heavy atom. The van der Waals surface area contributed by atoms with Gasteiger partial charge in [-0.25, -0.2) is 4.98 Å². The average Bonchev–Trinajstić information content (AvgIpc) is 2.60. The van der Waals surface area contributed by atoms with E-state index in [1.165, 1.54) is 0 Å². The van der Waals surface area contributed by atoms with E-state index in [0.29, 0.717) is 27.9 Å². The third-order valence-electron chi connectivity index (χ3n) is 3.56. The SMILES string of the molecule is COc1ccccc1-c1cc(C(=O)N=C(N)N)c2ccccc2n1. The maximum atomic E-state index is 12.4. The van der Waals surface area contributed by atoms with Crippen LogP contribution in [-0.2, 0) is 0 Å². The highest BCUT2D eigenvalue weighted by atomic mass is 16.5. The zero-order valence-corrected chi connectivity index (χ0v) is 13.1. The summed E-state index contributed by atoms with van der Waals surface area (Å²) in [7, 11) is 1.59. The smallest absolute Gasteiger partial charge is 0.280 e. The average molecular weight is 320 g/mol. The number of hydrogen-bond acceptors (Lipinski definition) is 3. The Bertz CT molecular complexity index is 947. The molecule has 6 nitrogen and oxygen atoms in total. The van der Waals surface area contributed by atoms with Crippen molar-refractivity contribution in [1.82, 2.24) is 4.98 Å². The van der Waals surface area contributed by atoms with Crippen molar-refractivity contribution in [2.75, 3.05) is 7.11 Å². The second-order valence-corrected chi connectivity index (χ2v) is 5.11. The van der Waals surface area contributed by atoms with Crippen molar-refractivity contribution >= 4 is 22.8 Å². The van der Waals surface area contributed by atoms with Crippen molar-refractivity contribution < 1.29 is 9.53 Å². The number of para-hydroxylation sites is 2. The fourth-order valence-electron chi connectivity index (χ4n) is 2.52. The summed E-state index contributed by atoms with van der Waals surface area (Å²) in [6, 6.07) is 16.5. The van der Waals surface area contributed by atoms with Gasteiger partial charge in [-0.1, -0.05) is 30.3 Å². The molecule has 1 heterocycles. The van der Waals surface area contributed by atoms with Gasteiger partial charge in [-0.2, -0.15) is 4.99 Å². The zero-order valence-electron chi connectivity index (χ0n) is 13.1. The van der Waals surface area contributed by atoms with Gasteiger partial charge in [0.05, 0.1) is 23.9 Å². The number of carbonyl (C=O) groups is 1. The minimum Gasteiger partial charge on any atom is -0.496 e. The molecule has 0 aliphatic heterocycles. The summed E-state index contributed by atoms with van der Waals surface area (Å²) < 4.78 is 5.38. The van der Waals surface area contributed by atoms with Crippen molar-refractivity contribution in [3.8, 4) is 17.0 Å². The number of pyridine rings is 1. The van der Waals surface area contributed by atoms with Crippen LogP contribution < -0.4 is 16.2 Å². The monoisotopic (exact) mass is 320 g/mol. The molecule has 1 amide bonds. The summed E-state index contributed by atoms with van der Waals surface area (Å²) in [5, 5.41) is 0.686. The van der Waals surface area contributed by atoms with Crippen LogP contribution in [0.25, 0.3) is 22.2 Å². The van der Waals surface area contributed by atoms with E-state index in [-0.39, 0.29) is 5.96 Å². The summed E-state index contributed by atoms with van der Waals surface area (Å²) in [6.45, 7) is 0. The summed E-state index contributed by atoms with van der Waals surface area (Å²) in [5.41, 5.74) is 13.1. The molecular weight excluding hydrogens is 304 g/mol. The number of methoxy groups -OCH3 is 1. The number of aromatic nitrogens is 1. The number of guanidine groups is 1. The first-order valence-corrected chi connectivity index (χ1v) is 7.27. The third kappa shape index (κ3) is 2.89. The summed E-state index contributed by atoms with van der Waals surface area (Å²) >= 11 is 0. The Balaban J connectivity index is 2.28. The molecule has 3 aromatic rings. The number of aliphatic imine (C=N–C) groups is 1. The van der Waals surface area contributed by atoms with E-state index in [9.17, 15) is 4.79 Å². The lowest BCUT2D eigenvalue weighted by molar-refractivity contribution is 0.100. The fourth-order valence-corrected chi connectivity index (χ4v) is 2.52. The van der Waals surface area contributed by atoms with Gasteiger partial charge in [-0.15, -0.1) is 0 Å². The normalized spacial score (nSPS) is 10.4. The molecule has 0 aliphatic rings. The Hall–Kier alpha value is -3.41. The topological polar surface area (TPSA) is 104 Å². The molecule has 0 fully saturated rings. The zero-order chi connectivity index (χ0) is 17.1. The molecule has 3 rings (SSSR count). The third-order valence-corrected chi connectivity index (χ3v) is 3.56.